The third kappa shape index (κ3) is 8.44. The van der Waals surface area contributed by atoms with E-state index in [1.807, 2.05) is 12.1 Å². The minimum atomic E-state index is -0.0990. The van der Waals surface area contributed by atoms with Gasteiger partial charge in [-0.15, -0.1) is 10.2 Å². The van der Waals surface area contributed by atoms with Crippen molar-refractivity contribution in [3.05, 3.63) is 75.8 Å². The van der Waals surface area contributed by atoms with Gasteiger partial charge in [0.15, 0.2) is 12.7 Å². The largest absolute Gasteiger partial charge is 0.470 e. The van der Waals surface area contributed by atoms with Crippen LogP contribution in [-0.4, -0.2) is 43.4 Å². The molecule has 10 heteroatoms. The van der Waals surface area contributed by atoms with E-state index >= 15 is 0 Å². The van der Waals surface area contributed by atoms with Gasteiger partial charge in [-0.2, -0.15) is 0 Å². The minimum Gasteiger partial charge on any atom is -0.470 e. The zero-order valence-electron chi connectivity index (χ0n) is 18.7. The molecule has 2 N–H and O–H groups in total. The number of amides is 1. The molecule has 1 amide bonds. The molecule has 0 bridgehead atoms. The molecule has 0 spiro atoms. The Hall–Kier alpha value is -2.94. The van der Waals surface area contributed by atoms with Gasteiger partial charge < -0.3 is 19.7 Å². The Bertz CT molecular complexity index is 1020. The lowest BCUT2D eigenvalue weighted by Gasteiger charge is -2.26. The van der Waals surface area contributed by atoms with Crippen LogP contribution >= 0.6 is 23.2 Å². The van der Waals surface area contributed by atoms with E-state index in [0.29, 0.717) is 27.8 Å². The molecule has 1 fully saturated rings. The molecule has 1 heterocycles. The van der Waals surface area contributed by atoms with Gasteiger partial charge in [-0.05, 0) is 61.8 Å². The molecule has 8 nitrogen and oxygen atoms in total. The van der Waals surface area contributed by atoms with Crippen molar-refractivity contribution in [2.24, 2.45) is 10.2 Å². The Morgan fingerprint density at radius 3 is 2.59 bits per heavy atom. The molecule has 2 aromatic rings. The average Bonchev–Trinajstić information content (AvgIpc) is 2.85. The summed E-state index contributed by atoms with van der Waals surface area (Å²) in [5, 5.41) is 18.9. The second-order valence-electron chi connectivity index (χ2n) is 7.65. The van der Waals surface area contributed by atoms with Gasteiger partial charge in [0.1, 0.15) is 12.3 Å². The fraction of sp³-hybridized carbons (Fsp3) is 0.333. The maximum atomic E-state index is 12.4. The molecule has 0 atom stereocenters. The minimum absolute atomic E-state index is 0.0500. The number of nitrogens with one attached hydrogen (secondary N) is 2. The van der Waals surface area contributed by atoms with Crippen molar-refractivity contribution >= 4 is 41.2 Å². The van der Waals surface area contributed by atoms with Crippen LogP contribution in [0.1, 0.15) is 35.2 Å². The zero-order valence-corrected chi connectivity index (χ0v) is 20.2. The summed E-state index contributed by atoms with van der Waals surface area (Å²) < 4.78 is 10.5. The molecule has 0 aliphatic carbocycles. The average molecular weight is 504 g/mol. The van der Waals surface area contributed by atoms with Crippen molar-refractivity contribution in [2.75, 3.05) is 26.2 Å². The lowest BCUT2D eigenvalue weighted by Crippen LogP contribution is -2.37. The van der Waals surface area contributed by atoms with Crippen molar-refractivity contribution in [3.63, 3.8) is 0 Å². The van der Waals surface area contributed by atoms with E-state index < -0.39 is 0 Å². The fourth-order valence-corrected chi connectivity index (χ4v) is 3.81. The molecule has 0 aromatic heterocycles. The summed E-state index contributed by atoms with van der Waals surface area (Å²) in [6, 6.07) is 11.9. The quantitative estimate of drug-likeness (QED) is 0.171. The molecule has 3 rings (SSSR count). The van der Waals surface area contributed by atoms with E-state index in [-0.39, 0.29) is 18.4 Å². The van der Waals surface area contributed by atoms with Crippen LogP contribution in [0, 0.1) is 5.41 Å². The molecule has 1 saturated heterocycles. The highest BCUT2D eigenvalue weighted by molar-refractivity contribution is 6.36. The first-order valence-electron chi connectivity index (χ1n) is 11.0. The van der Waals surface area contributed by atoms with Gasteiger partial charge in [0.05, 0.1) is 5.02 Å². The summed E-state index contributed by atoms with van der Waals surface area (Å²) in [6.07, 6.45) is 5.67. The number of azo groups is 1. The van der Waals surface area contributed by atoms with Gasteiger partial charge in [-0.25, -0.2) is 0 Å². The van der Waals surface area contributed by atoms with E-state index in [1.54, 1.807) is 30.3 Å². The van der Waals surface area contributed by atoms with Crippen LogP contribution < -0.4 is 5.32 Å². The fourth-order valence-electron chi connectivity index (χ4n) is 3.37. The topological polar surface area (TPSA) is 99.4 Å². The SMILES string of the molecule is N=CO/C=C(\N=Nc1ccc(Cl)cc1Cl)OCc1ccc(C(=O)NCCN2CCCCC2)cc1. The molecule has 0 radical (unpaired) electrons. The molecule has 180 valence electrons. The monoisotopic (exact) mass is 503 g/mol. The van der Waals surface area contributed by atoms with Gasteiger partial charge in [0.2, 0.25) is 0 Å². The maximum absolute atomic E-state index is 12.4. The van der Waals surface area contributed by atoms with Crippen molar-refractivity contribution in [1.29, 1.82) is 5.41 Å². The van der Waals surface area contributed by atoms with Gasteiger partial charge >= 0.3 is 0 Å². The van der Waals surface area contributed by atoms with Crippen molar-refractivity contribution in [1.82, 2.24) is 10.2 Å². The number of carbonyl (C=O) groups excluding carboxylic acids is 1. The highest BCUT2D eigenvalue weighted by atomic mass is 35.5. The molecule has 1 aliphatic rings. The second kappa shape index (κ2) is 13.7. The van der Waals surface area contributed by atoms with Crippen molar-refractivity contribution in [3.8, 4) is 0 Å². The summed E-state index contributed by atoms with van der Waals surface area (Å²) in [7, 11) is 0. The number of carbonyl (C=O) groups is 1. The highest BCUT2D eigenvalue weighted by Crippen LogP contribution is 2.28. The smallest absolute Gasteiger partial charge is 0.269 e. The maximum Gasteiger partial charge on any atom is 0.269 e. The zero-order chi connectivity index (χ0) is 24.2. The Labute approximate surface area is 209 Å². The number of likely N-dealkylation sites (tertiary alicyclic amines) is 1. The predicted molar refractivity (Wildman–Crippen MR) is 133 cm³/mol. The number of piperidine rings is 1. The number of hydrogen-bond acceptors (Lipinski definition) is 7. The van der Waals surface area contributed by atoms with E-state index in [2.05, 4.69) is 20.4 Å². The standard InChI is InChI=1S/C24H27Cl2N5O3/c25-20-8-9-22(21(26)14-20)29-30-23(16-33-17-27)34-15-18-4-6-19(7-5-18)24(32)28-10-13-31-11-2-1-3-12-31/h4-9,14,16-17,27H,1-3,10-13,15H2,(H,28,32)/b23-16+,27-17?,30-29?. The normalized spacial score (nSPS) is 14.7. The van der Waals surface area contributed by atoms with E-state index in [0.717, 1.165) is 37.9 Å². The van der Waals surface area contributed by atoms with Crippen LogP contribution in [0.25, 0.3) is 0 Å². The Balaban J connectivity index is 1.51. The number of hydrogen-bond donors (Lipinski definition) is 2. The lowest BCUT2D eigenvalue weighted by atomic mass is 10.1. The molecular formula is C24H27Cl2N5O3. The van der Waals surface area contributed by atoms with Gasteiger partial charge in [-0.3, -0.25) is 10.2 Å². The molecule has 1 aliphatic heterocycles. The Morgan fingerprint density at radius 1 is 1.12 bits per heavy atom. The van der Waals surface area contributed by atoms with Crippen LogP contribution in [0.4, 0.5) is 5.69 Å². The molecule has 0 saturated carbocycles. The van der Waals surface area contributed by atoms with E-state index in [1.165, 1.54) is 19.3 Å². The third-order valence-electron chi connectivity index (χ3n) is 5.17. The van der Waals surface area contributed by atoms with E-state index in [4.69, 9.17) is 38.1 Å². The first kappa shape index (κ1) is 25.7. The van der Waals surface area contributed by atoms with Crippen LogP contribution in [0.3, 0.4) is 0 Å². The van der Waals surface area contributed by atoms with Crippen molar-refractivity contribution in [2.45, 2.75) is 25.9 Å². The summed E-state index contributed by atoms with van der Waals surface area (Å²) in [5.41, 5.74) is 1.82. The van der Waals surface area contributed by atoms with Crippen LogP contribution in [0.2, 0.25) is 10.0 Å². The molecule has 0 unspecified atom stereocenters. The van der Waals surface area contributed by atoms with Gasteiger partial charge in [0, 0.05) is 23.7 Å². The summed E-state index contributed by atoms with van der Waals surface area (Å²) >= 11 is 12.0. The van der Waals surface area contributed by atoms with Crippen LogP contribution in [-0.2, 0) is 16.1 Å². The first-order valence-corrected chi connectivity index (χ1v) is 11.7. The number of nitrogens with zero attached hydrogens (tertiary/aromatic N) is 3. The molecule has 2 aromatic carbocycles. The highest BCUT2D eigenvalue weighted by Gasteiger charge is 2.11. The number of ether oxygens (including phenoxy) is 2. The molecule has 34 heavy (non-hydrogen) atoms. The Morgan fingerprint density at radius 2 is 1.88 bits per heavy atom. The second-order valence-corrected chi connectivity index (χ2v) is 8.49. The number of benzene rings is 2. The predicted octanol–water partition coefficient (Wildman–Crippen LogP) is 5.93. The van der Waals surface area contributed by atoms with Gasteiger partial charge in [-0.1, -0.05) is 41.8 Å². The van der Waals surface area contributed by atoms with Crippen LogP contribution in [0.5, 0.6) is 0 Å². The van der Waals surface area contributed by atoms with Crippen molar-refractivity contribution < 1.29 is 14.3 Å². The first-order chi connectivity index (χ1) is 16.5. The van der Waals surface area contributed by atoms with Crippen LogP contribution in [0.15, 0.2) is 64.8 Å². The molecular weight excluding hydrogens is 477 g/mol. The number of rotatable bonds is 11. The Kier molecular flexibility index (Phi) is 10.3. The summed E-state index contributed by atoms with van der Waals surface area (Å²) in [4.78, 5) is 14.8. The van der Waals surface area contributed by atoms with Gasteiger partial charge in [0.25, 0.3) is 11.8 Å². The number of halogens is 2. The lowest BCUT2D eigenvalue weighted by molar-refractivity contribution is 0.0946. The third-order valence-corrected chi connectivity index (χ3v) is 5.71. The summed E-state index contributed by atoms with van der Waals surface area (Å²) in [6.45, 7) is 3.89. The summed E-state index contributed by atoms with van der Waals surface area (Å²) in [5.74, 6) is -0.0489. The van der Waals surface area contributed by atoms with E-state index in [9.17, 15) is 4.79 Å².